The fourth-order valence-electron chi connectivity index (χ4n) is 3.95. The van der Waals surface area contributed by atoms with Crippen LogP contribution in [0.5, 0.6) is 23.0 Å². The molecule has 28 heavy (non-hydrogen) atoms. The highest BCUT2D eigenvalue weighted by atomic mass is 32.1. The van der Waals surface area contributed by atoms with Crippen molar-refractivity contribution in [3.63, 3.8) is 0 Å². The molecule has 7 heteroatoms. The summed E-state index contributed by atoms with van der Waals surface area (Å²) in [6.45, 7) is 3.09. The molecule has 0 spiro atoms. The molecule has 3 heterocycles. The van der Waals surface area contributed by atoms with Crippen LogP contribution in [0.1, 0.15) is 30.0 Å². The normalized spacial score (nSPS) is 19.6. The zero-order valence-electron chi connectivity index (χ0n) is 15.5. The lowest BCUT2D eigenvalue weighted by Gasteiger charge is -2.29. The highest BCUT2D eigenvalue weighted by Gasteiger charge is 2.29. The minimum atomic E-state index is 0.257. The first-order valence-electron chi connectivity index (χ1n) is 9.60. The monoisotopic (exact) mass is 398 g/mol. The largest absolute Gasteiger partial charge is 0.486 e. The van der Waals surface area contributed by atoms with Gasteiger partial charge in [-0.1, -0.05) is 12.1 Å². The number of thiocarbonyl (C=S) groups is 1. The zero-order valence-corrected chi connectivity index (χ0v) is 16.3. The lowest BCUT2D eigenvalue weighted by molar-refractivity contribution is 0.171. The molecule has 1 fully saturated rings. The zero-order chi connectivity index (χ0) is 18.9. The Morgan fingerprint density at radius 2 is 1.71 bits per heavy atom. The van der Waals surface area contributed by atoms with Gasteiger partial charge in [0.15, 0.2) is 28.1 Å². The van der Waals surface area contributed by atoms with Gasteiger partial charge in [0.25, 0.3) is 0 Å². The number of hydrogen-bond donors (Lipinski definition) is 1. The average molecular weight is 398 g/mol. The van der Waals surface area contributed by atoms with Crippen LogP contribution >= 0.6 is 12.2 Å². The number of benzene rings is 2. The predicted molar refractivity (Wildman–Crippen MR) is 108 cm³/mol. The molecule has 0 aromatic heterocycles. The van der Waals surface area contributed by atoms with Gasteiger partial charge in [0, 0.05) is 13.1 Å². The van der Waals surface area contributed by atoms with Gasteiger partial charge >= 0.3 is 0 Å². The summed E-state index contributed by atoms with van der Waals surface area (Å²) in [5.74, 6) is 3.24. The molecule has 0 radical (unpaired) electrons. The van der Waals surface area contributed by atoms with E-state index in [4.69, 9.17) is 31.2 Å². The van der Waals surface area contributed by atoms with E-state index in [0.717, 1.165) is 53.1 Å². The van der Waals surface area contributed by atoms with E-state index in [1.807, 2.05) is 24.3 Å². The molecule has 1 atom stereocenters. The van der Waals surface area contributed by atoms with Crippen LogP contribution < -0.4 is 24.3 Å². The molecule has 6 nitrogen and oxygen atoms in total. The van der Waals surface area contributed by atoms with Gasteiger partial charge in [-0.05, 0) is 60.5 Å². The molecule has 1 saturated heterocycles. The maximum Gasteiger partial charge on any atom is 0.231 e. The van der Waals surface area contributed by atoms with E-state index in [1.54, 1.807) is 0 Å². The highest BCUT2D eigenvalue weighted by molar-refractivity contribution is 7.80. The molecule has 146 valence electrons. The van der Waals surface area contributed by atoms with Crippen molar-refractivity contribution in [2.75, 3.05) is 26.6 Å². The number of fused-ring (bicyclic) bond motifs is 2. The standard InChI is InChI=1S/C21H22N2O4S/c28-21(22-12-14-3-5-18-19(10-14)27-13-26-18)23-7-1-2-16(23)15-4-6-17-20(11-15)25-9-8-24-17/h3-6,10-11,16H,1-2,7-9,12-13H2,(H,22,28)/t16-/m0/s1. The van der Waals surface area contributed by atoms with Crippen molar-refractivity contribution in [2.45, 2.75) is 25.4 Å². The molecule has 0 bridgehead atoms. The van der Waals surface area contributed by atoms with Gasteiger partial charge < -0.3 is 29.2 Å². The smallest absolute Gasteiger partial charge is 0.231 e. The summed E-state index contributed by atoms with van der Waals surface area (Å²) in [5.41, 5.74) is 2.33. The first-order chi connectivity index (χ1) is 13.8. The first kappa shape index (κ1) is 17.4. The number of ether oxygens (including phenoxy) is 4. The topological polar surface area (TPSA) is 52.2 Å². The molecule has 0 aliphatic carbocycles. The van der Waals surface area contributed by atoms with E-state index in [1.165, 1.54) is 5.56 Å². The maximum atomic E-state index is 5.75. The van der Waals surface area contributed by atoms with Crippen LogP contribution in [0.3, 0.4) is 0 Å². The molecule has 5 rings (SSSR count). The second-order valence-electron chi connectivity index (χ2n) is 7.10. The minimum Gasteiger partial charge on any atom is -0.486 e. The average Bonchev–Trinajstić information content (AvgIpc) is 3.40. The molecule has 0 unspecified atom stereocenters. The Labute approximate surface area is 169 Å². The number of nitrogens with one attached hydrogen (secondary N) is 1. The van der Waals surface area contributed by atoms with E-state index in [0.29, 0.717) is 19.8 Å². The van der Waals surface area contributed by atoms with Gasteiger partial charge in [0.1, 0.15) is 13.2 Å². The summed E-state index contributed by atoms with van der Waals surface area (Å²) in [6, 6.07) is 12.5. The SMILES string of the molecule is S=C(NCc1ccc2c(c1)OCO2)N1CCC[C@H]1c1ccc2c(c1)OCCO2. The lowest BCUT2D eigenvalue weighted by Crippen LogP contribution is -2.38. The van der Waals surface area contributed by atoms with Crippen molar-refractivity contribution in [2.24, 2.45) is 0 Å². The fraction of sp³-hybridized carbons (Fsp3) is 0.381. The Balaban J connectivity index is 1.26. The summed E-state index contributed by atoms with van der Waals surface area (Å²) >= 11 is 5.71. The minimum absolute atomic E-state index is 0.257. The lowest BCUT2D eigenvalue weighted by atomic mass is 10.0. The molecule has 2 aromatic carbocycles. The van der Waals surface area contributed by atoms with E-state index in [2.05, 4.69) is 22.3 Å². The second-order valence-corrected chi connectivity index (χ2v) is 7.49. The third-order valence-corrected chi connectivity index (χ3v) is 5.72. The van der Waals surface area contributed by atoms with Gasteiger partial charge in [-0.15, -0.1) is 0 Å². The Morgan fingerprint density at radius 1 is 0.964 bits per heavy atom. The van der Waals surface area contributed by atoms with Crippen LogP contribution in [-0.4, -0.2) is 36.6 Å². The van der Waals surface area contributed by atoms with E-state index in [-0.39, 0.29) is 12.8 Å². The van der Waals surface area contributed by atoms with Gasteiger partial charge in [0.2, 0.25) is 6.79 Å². The van der Waals surface area contributed by atoms with Crippen molar-refractivity contribution in [3.05, 3.63) is 47.5 Å². The fourth-order valence-corrected chi connectivity index (χ4v) is 4.24. The second kappa shape index (κ2) is 7.39. The van der Waals surface area contributed by atoms with Crippen LogP contribution in [0.25, 0.3) is 0 Å². The quantitative estimate of drug-likeness (QED) is 0.796. The third kappa shape index (κ3) is 3.30. The van der Waals surface area contributed by atoms with Crippen molar-refractivity contribution < 1.29 is 18.9 Å². The molecule has 1 N–H and O–H groups in total. The highest BCUT2D eigenvalue weighted by Crippen LogP contribution is 2.38. The summed E-state index contributed by atoms with van der Waals surface area (Å²) in [7, 11) is 0. The third-order valence-electron chi connectivity index (χ3n) is 5.35. The van der Waals surface area contributed by atoms with Crippen LogP contribution in [0.4, 0.5) is 0 Å². The Morgan fingerprint density at radius 3 is 2.64 bits per heavy atom. The molecule has 3 aliphatic rings. The molecular weight excluding hydrogens is 376 g/mol. The van der Waals surface area contributed by atoms with Gasteiger partial charge in [-0.25, -0.2) is 0 Å². The van der Waals surface area contributed by atoms with Gasteiger partial charge in [-0.3, -0.25) is 0 Å². The van der Waals surface area contributed by atoms with Crippen LogP contribution in [-0.2, 0) is 6.54 Å². The molecule has 0 saturated carbocycles. The number of rotatable bonds is 3. The predicted octanol–water partition coefficient (Wildman–Crippen LogP) is 3.40. The number of nitrogens with zero attached hydrogens (tertiary/aromatic N) is 1. The summed E-state index contributed by atoms with van der Waals surface area (Å²) in [6.07, 6.45) is 2.19. The van der Waals surface area contributed by atoms with Crippen LogP contribution in [0.15, 0.2) is 36.4 Å². The number of likely N-dealkylation sites (tertiary alicyclic amines) is 1. The first-order valence-corrected chi connectivity index (χ1v) is 10.0. The van der Waals surface area contributed by atoms with Crippen molar-refractivity contribution in [3.8, 4) is 23.0 Å². The van der Waals surface area contributed by atoms with E-state index >= 15 is 0 Å². The van der Waals surface area contributed by atoms with E-state index < -0.39 is 0 Å². The summed E-state index contributed by atoms with van der Waals surface area (Å²) in [4.78, 5) is 2.27. The molecule has 3 aliphatic heterocycles. The Bertz CT molecular complexity index is 904. The molecule has 2 aromatic rings. The van der Waals surface area contributed by atoms with Gasteiger partial charge in [0.05, 0.1) is 6.04 Å². The summed E-state index contributed by atoms with van der Waals surface area (Å²) < 4.78 is 22.2. The Kier molecular flexibility index (Phi) is 4.60. The van der Waals surface area contributed by atoms with E-state index in [9.17, 15) is 0 Å². The van der Waals surface area contributed by atoms with Crippen LogP contribution in [0.2, 0.25) is 0 Å². The maximum absolute atomic E-state index is 5.75. The van der Waals surface area contributed by atoms with Crippen molar-refractivity contribution >= 4 is 17.3 Å². The number of hydrogen-bond acceptors (Lipinski definition) is 5. The molecule has 0 amide bonds. The van der Waals surface area contributed by atoms with Gasteiger partial charge in [-0.2, -0.15) is 0 Å². The molecular formula is C21H22N2O4S. The Hall–Kier alpha value is -2.67. The van der Waals surface area contributed by atoms with Crippen molar-refractivity contribution in [1.29, 1.82) is 0 Å². The summed E-state index contributed by atoms with van der Waals surface area (Å²) in [5, 5.41) is 4.17. The van der Waals surface area contributed by atoms with Crippen molar-refractivity contribution in [1.82, 2.24) is 10.2 Å². The van der Waals surface area contributed by atoms with Crippen LogP contribution in [0, 0.1) is 0 Å².